The summed E-state index contributed by atoms with van der Waals surface area (Å²) in [5.41, 5.74) is 0.559. The summed E-state index contributed by atoms with van der Waals surface area (Å²) in [4.78, 5) is 0. The van der Waals surface area contributed by atoms with Crippen LogP contribution < -0.4 is 0 Å². The van der Waals surface area contributed by atoms with Crippen LogP contribution in [-0.2, 0) is 4.57 Å². The minimum Gasteiger partial charge on any atom is -0.321 e. The van der Waals surface area contributed by atoms with Gasteiger partial charge in [-0.1, -0.05) is 70.8 Å². The second-order valence-electron chi connectivity index (χ2n) is 8.72. The van der Waals surface area contributed by atoms with Crippen molar-refractivity contribution in [2.75, 3.05) is 0 Å². The number of rotatable bonds is 2. The summed E-state index contributed by atoms with van der Waals surface area (Å²) >= 11 is 3.85. The van der Waals surface area contributed by atoms with Crippen LogP contribution in [0.4, 0.5) is 0 Å². The highest BCUT2D eigenvalue weighted by Gasteiger charge is 2.72. The van der Waals surface area contributed by atoms with E-state index in [-0.39, 0.29) is 15.1 Å². The van der Waals surface area contributed by atoms with E-state index >= 15 is 0 Å². The molecular formula is C17H32BrOP. The van der Waals surface area contributed by atoms with Gasteiger partial charge in [0.05, 0.1) is 4.57 Å². The third-order valence-corrected chi connectivity index (χ3v) is 15.1. The van der Waals surface area contributed by atoms with Gasteiger partial charge in [0.25, 0.3) is 0 Å². The molecule has 0 N–H and O–H groups in total. The Kier molecular flexibility index (Phi) is 4.37. The molecule has 0 amide bonds. The molecule has 0 aromatic carbocycles. The summed E-state index contributed by atoms with van der Waals surface area (Å²) in [6.07, 6.45) is 3.75. The van der Waals surface area contributed by atoms with Crippen molar-refractivity contribution in [3.05, 3.63) is 0 Å². The van der Waals surface area contributed by atoms with Crippen LogP contribution in [0, 0.1) is 23.2 Å². The van der Waals surface area contributed by atoms with E-state index in [9.17, 15) is 4.57 Å². The molecule has 0 bridgehead atoms. The topological polar surface area (TPSA) is 17.1 Å². The molecule has 1 heterocycles. The monoisotopic (exact) mass is 362 g/mol. The van der Waals surface area contributed by atoms with Gasteiger partial charge in [-0.05, 0) is 36.0 Å². The van der Waals surface area contributed by atoms with Crippen LogP contribution in [-0.4, -0.2) is 15.4 Å². The quantitative estimate of drug-likeness (QED) is 0.413. The standard InChI is InChI=1S/C17H32BrOP/c1-11(2)13-9-8-12(3)10-14(13)20(19)15(18)16(4,5)17(20,6)7/h11-15H,8-10H2,1-7H3/t12-,13+,14-,15+,20?/m1/s1. The van der Waals surface area contributed by atoms with E-state index < -0.39 is 7.14 Å². The Balaban J connectivity index is 2.40. The molecule has 1 saturated carbocycles. The molecule has 0 aromatic rings. The van der Waals surface area contributed by atoms with Gasteiger partial charge in [0.1, 0.15) is 7.14 Å². The highest BCUT2D eigenvalue weighted by Crippen LogP contribution is 2.86. The van der Waals surface area contributed by atoms with Crippen LogP contribution in [0.25, 0.3) is 0 Å². The molecule has 0 aromatic heterocycles. The maximum absolute atomic E-state index is 14.0. The van der Waals surface area contributed by atoms with Gasteiger partial charge in [0.15, 0.2) is 0 Å². The molecule has 3 heteroatoms. The zero-order valence-corrected chi connectivity index (χ0v) is 16.7. The number of hydrogen-bond acceptors (Lipinski definition) is 1. The van der Waals surface area contributed by atoms with E-state index in [0.717, 1.165) is 5.92 Å². The first kappa shape index (κ1) is 17.1. The maximum atomic E-state index is 14.0. The van der Waals surface area contributed by atoms with E-state index in [4.69, 9.17) is 0 Å². The Morgan fingerprint density at radius 2 is 1.70 bits per heavy atom. The zero-order valence-electron chi connectivity index (χ0n) is 14.2. The lowest BCUT2D eigenvalue weighted by atomic mass is 9.77. The van der Waals surface area contributed by atoms with Gasteiger partial charge in [-0.15, -0.1) is 0 Å². The minimum atomic E-state index is -2.21. The second kappa shape index (κ2) is 5.12. The fourth-order valence-electron chi connectivity index (χ4n) is 4.61. The molecule has 1 saturated heterocycles. The van der Waals surface area contributed by atoms with Crippen molar-refractivity contribution in [1.82, 2.24) is 0 Å². The van der Waals surface area contributed by atoms with Gasteiger partial charge < -0.3 is 4.57 Å². The van der Waals surface area contributed by atoms with E-state index in [0.29, 0.717) is 17.5 Å². The van der Waals surface area contributed by atoms with Gasteiger partial charge >= 0.3 is 0 Å². The van der Waals surface area contributed by atoms with Gasteiger partial charge in [-0.3, -0.25) is 0 Å². The van der Waals surface area contributed by atoms with Crippen molar-refractivity contribution in [2.45, 2.75) is 83.1 Å². The minimum absolute atomic E-state index is 0.0387. The molecule has 20 heavy (non-hydrogen) atoms. The highest BCUT2D eigenvalue weighted by atomic mass is 79.9. The summed E-state index contributed by atoms with van der Waals surface area (Å²) in [6.45, 7) is 16.0. The van der Waals surface area contributed by atoms with E-state index in [1.807, 2.05) is 0 Å². The highest BCUT2D eigenvalue weighted by molar-refractivity contribution is 9.11. The SMILES string of the molecule is CC(C)[C@@H]1CC[C@@H](C)C[C@H]1P1(=O)[C@H](Br)C(C)(C)C1(C)C. The molecule has 1 nitrogen and oxygen atoms in total. The first-order valence-electron chi connectivity index (χ1n) is 8.21. The van der Waals surface area contributed by atoms with Crippen molar-refractivity contribution < 1.29 is 4.57 Å². The maximum Gasteiger partial charge on any atom is 0.110 e. The Bertz CT molecular complexity index is 427. The lowest BCUT2D eigenvalue weighted by molar-refractivity contribution is 0.194. The van der Waals surface area contributed by atoms with Crippen molar-refractivity contribution in [1.29, 1.82) is 0 Å². The first-order valence-corrected chi connectivity index (χ1v) is 11.0. The predicted molar refractivity (Wildman–Crippen MR) is 93.3 cm³/mol. The molecule has 2 fully saturated rings. The van der Waals surface area contributed by atoms with Crippen LogP contribution in [0.1, 0.15) is 67.7 Å². The second-order valence-corrected chi connectivity index (χ2v) is 14.1. The Morgan fingerprint density at radius 3 is 2.15 bits per heavy atom. The molecule has 2 rings (SSSR count). The molecule has 0 spiro atoms. The third-order valence-electron chi connectivity index (χ3n) is 6.86. The number of hydrogen-bond donors (Lipinski definition) is 0. The van der Waals surface area contributed by atoms with Gasteiger partial charge in [-0.25, -0.2) is 0 Å². The average Bonchev–Trinajstić information content (AvgIpc) is 2.35. The fourth-order valence-corrected chi connectivity index (χ4v) is 13.4. The van der Waals surface area contributed by atoms with Crippen LogP contribution in [0.15, 0.2) is 0 Å². The molecule has 1 aliphatic carbocycles. The third kappa shape index (κ3) is 2.03. The molecule has 1 aliphatic heterocycles. The summed E-state index contributed by atoms with van der Waals surface area (Å²) in [5, 5.41) is -0.0387. The van der Waals surface area contributed by atoms with Crippen LogP contribution in [0.3, 0.4) is 0 Å². The van der Waals surface area contributed by atoms with Gasteiger partial charge in [-0.2, -0.15) is 0 Å². The van der Waals surface area contributed by atoms with Gasteiger partial charge in [0, 0.05) is 10.8 Å². The Morgan fingerprint density at radius 1 is 1.15 bits per heavy atom. The molecule has 0 radical (unpaired) electrons. The average molecular weight is 363 g/mol. The zero-order chi connectivity index (χ0) is 15.5. The molecular weight excluding hydrogens is 331 g/mol. The first-order chi connectivity index (χ1) is 8.98. The van der Waals surface area contributed by atoms with E-state index in [1.165, 1.54) is 19.3 Å². The summed E-state index contributed by atoms with van der Waals surface area (Å²) < 4.78 is 14.2. The molecule has 5 atom stereocenters. The smallest absolute Gasteiger partial charge is 0.110 e. The normalized spacial score (nSPS) is 47.0. The molecule has 1 unspecified atom stereocenters. The van der Waals surface area contributed by atoms with Crippen LogP contribution in [0.2, 0.25) is 0 Å². The summed E-state index contributed by atoms with van der Waals surface area (Å²) in [5.74, 6) is 2.03. The number of alkyl halides is 1. The van der Waals surface area contributed by atoms with Crippen molar-refractivity contribution in [2.24, 2.45) is 23.2 Å². The Labute approximate surface area is 134 Å². The largest absolute Gasteiger partial charge is 0.321 e. The lowest BCUT2D eigenvalue weighted by Gasteiger charge is -2.66. The molecule has 118 valence electrons. The number of halogens is 1. The van der Waals surface area contributed by atoms with Crippen LogP contribution in [0.5, 0.6) is 0 Å². The predicted octanol–water partition coefficient (Wildman–Crippen LogP) is 6.35. The fraction of sp³-hybridized carbons (Fsp3) is 1.00. The summed E-state index contributed by atoms with van der Waals surface area (Å²) in [6, 6.07) is 0. The van der Waals surface area contributed by atoms with E-state index in [1.54, 1.807) is 0 Å². The van der Waals surface area contributed by atoms with E-state index in [2.05, 4.69) is 64.4 Å². The Hall–Kier alpha value is 0.710. The lowest BCUT2D eigenvalue weighted by Crippen LogP contribution is -2.60. The van der Waals surface area contributed by atoms with Crippen molar-refractivity contribution >= 4 is 23.1 Å². The molecule has 2 aliphatic rings. The summed E-state index contributed by atoms with van der Waals surface area (Å²) in [7, 11) is -2.21. The van der Waals surface area contributed by atoms with Crippen molar-refractivity contribution in [3.63, 3.8) is 0 Å². The van der Waals surface area contributed by atoms with Gasteiger partial charge in [0.2, 0.25) is 0 Å². The van der Waals surface area contributed by atoms with Crippen LogP contribution >= 0.6 is 23.1 Å². The van der Waals surface area contributed by atoms with Crippen molar-refractivity contribution in [3.8, 4) is 0 Å².